The number of hydrogen-bond acceptors (Lipinski definition) is 3. The van der Waals surface area contributed by atoms with Crippen LogP contribution in [0.4, 0.5) is 17.6 Å². The predicted octanol–water partition coefficient (Wildman–Crippen LogP) is 2.19. The highest BCUT2D eigenvalue weighted by molar-refractivity contribution is 5.82. The van der Waals surface area contributed by atoms with E-state index >= 15 is 0 Å². The highest BCUT2D eigenvalue weighted by Crippen LogP contribution is 2.27. The molecule has 1 rings (SSSR count). The second kappa shape index (κ2) is 5.46. The topological polar surface area (TPSA) is 43.4 Å². The van der Waals surface area contributed by atoms with E-state index in [1.165, 1.54) is 0 Å². The van der Waals surface area contributed by atoms with Gasteiger partial charge in [-0.1, -0.05) is 0 Å². The van der Waals surface area contributed by atoms with E-state index in [2.05, 4.69) is 4.74 Å². The summed E-state index contributed by atoms with van der Waals surface area (Å²) in [5.74, 6) is -1.83. The van der Waals surface area contributed by atoms with Crippen LogP contribution < -0.4 is 0 Å². The van der Waals surface area contributed by atoms with Gasteiger partial charge in [-0.2, -0.15) is 13.2 Å². The molecule has 0 aromatic heterocycles. The molecule has 3 nitrogen and oxygen atoms in total. The quantitative estimate of drug-likeness (QED) is 0.574. The van der Waals surface area contributed by atoms with Gasteiger partial charge >= 0.3 is 12.1 Å². The van der Waals surface area contributed by atoms with Crippen LogP contribution in [-0.2, 0) is 14.3 Å². The van der Waals surface area contributed by atoms with Crippen LogP contribution >= 0.6 is 0 Å². The van der Waals surface area contributed by atoms with Crippen LogP contribution in [0.25, 0.3) is 0 Å². The first-order chi connectivity index (χ1) is 7.84. The maximum absolute atomic E-state index is 12.1. The van der Waals surface area contributed by atoms with Crippen LogP contribution in [0.1, 0.15) is 25.7 Å². The molecule has 1 unspecified atom stereocenters. The van der Waals surface area contributed by atoms with Crippen molar-refractivity contribution in [3.05, 3.63) is 0 Å². The number of rotatable bonds is 3. The van der Waals surface area contributed by atoms with Gasteiger partial charge in [-0.15, -0.1) is 0 Å². The summed E-state index contributed by atoms with van der Waals surface area (Å²) < 4.78 is 52.6. The molecule has 0 spiro atoms. The van der Waals surface area contributed by atoms with Crippen molar-refractivity contribution < 1.29 is 31.9 Å². The monoisotopic (exact) mass is 256 g/mol. The Morgan fingerprint density at radius 1 is 1.35 bits per heavy atom. The molecule has 0 bridgehead atoms. The van der Waals surface area contributed by atoms with Gasteiger partial charge in [0.2, 0.25) is 6.10 Å². The molecule has 1 fully saturated rings. The first-order valence-electron chi connectivity index (χ1n) is 5.19. The summed E-state index contributed by atoms with van der Waals surface area (Å²) in [7, 11) is 0. The van der Waals surface area contributed by atoms with Gasteiger partial charge in [0.25, 0.3) is 0 Å². The van der Waals surface area contributed by atoms with Gasteiger partial charge in [0.15, 0.2) is 0 Å². The van der Waals surface area contributed by atoms with E-state index in [0.29, 0.717) is 0 Å². The summed E-state index contributed by atoms with van der Waals surface area (Å²) in [4.78, 5) is 22.2. The third-order valence-corrected chi connectivity index (χ3v) is 2.64. The third-order valence-electron chi connectivity index (χ3n) is 2.64. The van der Waals surface area contributed by atoms with Crippen molar-refractivity contribution in [1.29, 1.82) is 0 Å². The van der Waals surface area contributed by atoms with E-state index < -0.39 is 30.8 Å². The molecule has 1 aliphatic rings. The minimum atomic E-state index is -4.89. The molecule has 98 valence electrons. The van der Waals surface area contributed by atoms with E-state index in [1.54, 1.807) is 0 Å². The summed E-state index contributed by atoms with van der Waals surface area (Å²) in [6.45, 7) is -1.79. The molecule has 1 atom stereocenters. The van der Waals surface area contributed by atoms with Gasteiger partial charge < -0.3 is 4.74 Å². The lowest BCUT2D eigenvalue weighted by Gasteiger charge is -2.23. The summed E-state index contributed by atoms with van der Waals surface area (Å²) in [6.07, 6.45) is -6.93. The number of hydrogen-bond donors (Lipinski definition) is 0. The predicted molar refractivity (Wildman–Crippen MR) is 48.9 cm³/mol. The molecule has 0 amide bonds. The second-order valence-electron chi connectivity index (χ2n) is 3.93. The SMILES string of the molecule is O=C1CCC(C(=O)OC(CF)C(F)(F)F)CC1. The molecule has 0 aliphatic heterocycles. The maximum atomic E-state index is 12.1. The molecular formula is C10H12F4O3. The number of alkyl halides is 4. The van der Waals surface area contributed by atoms with Crippen LogP contribution in [0.2, 0.25) is 0 Å². The Bertz CT molecular complexity index is 290. The van der Waals surface area contributed by atoms with Crippen molar-refractivity contribution >= 4 is 11.8 Å². The Balaban J connectivity index is 2.50. The Kier molecular flexibility index (Phi) is 4.47. The highest BCUT2D eigenvalue weighted by atomic mass is 19.4. The van der Waals surface area contributed by atoms with Crippen LogP contribution in [-0.4, -0.2) is 30.7 Å². The van der Waals surface area contributed by atoms with E-state index in [4.69, 9.17) is 0 Å². The molecule has 1 aliphatic carbocycles. The molecule has 17 heavy (non-hydrogen) atoms. The van der Waals surface area contributed by atoms with Crippen LogP contribution in [0.5, 0.6) is 0 Å². The van der Waals surface area contributed by atoms with Gasteiger partial charge in [0, 0.05) is 12.8 Å². The Morgan fingerprint density at radius 3 is 2.29 bits per heavy atom. The average molecular weight is 256 g/mol. The molecular weight excluding hydrogens is 244 g/mol. The summed E-state index contributed by atoms with van der Waals surface area (Å²) in [5.41, 5.74) is 0. The standard InChI is InChI=1S/C10H12F4O3/c11-5-8(10(12,13)14)17-9(16)6-1-3-7(15)4-2-6/h6,8H,1-5H2. The molecule has 0 saturated heterocycles. The Morgan fingerprint density at radius 2 is 1.88 bits per heavy atom. The fraction of sp³-hybridized carbons (Fsp3) is 0.800. The minimum absolute atomic E-state index is 0.0214. The van der Waals surface area contributed by atoms with E-state index in [0.717, 1.165) is 0 Å². The molecule has 0 aromatic carbocycles. The van der Waals surface area contributed by atoms with Gasteiger partial charge in [-0.3, -0.25) is 9.59 Å². The van der Waals surface area contributed by atoms with Gasteiger partial charge in [-0.25, -0.2) is 4.39 Å². The number of Topliss-reactive ketones (excluding diaryl/α,β-unsaturated/α-hetero) is 1. The maximum Gasteiger partial charge on any atom is 0.428 e. The average Bonchev–Trinajstić information content (AvgIpc) is 2.24. The Labute approximate surface area is 95.1 Å². The fourth-order valence-corrected chi connectivity index (χ4v) is 1.60. The number of carbonyl (C=O) groups excluding carboxylic acids is 2. The van der Waals surface area contributed by atoms with Gasteiger partial charge in [0.05, 0.1) is 5.92 Å². The lowest BCUT2D eigenvalue weighted by Crippen LogP contribution is -2.38. The lowest BCUT2D eigenvalue weighted by molar-refractivity contribution is -0.226. The molecule has 1 saturated carbocycles. The van der Waals surface area contributed by atoms with Crippen molar-refractivity contribution in [2.24, 2.45) is 5.92 Å². The second-order valence-corrected chi connectivity index (χ2v) is 3.93. The van der Waals surface area contributed by atoms with Gasteiger partial charge in [-0.05, 0) is 12.8 Å². The number of carbonyl (C=O) groups is 2. The van der Waals surface area contributed by atoms with Crippen molar-refractivity contribution in [2.45, 2.75) is 38.0 Å². The van der Waals surface area contributed by atoms with Crippen molar-refractivity contribution in [3.63, 3.8) is 0 Å². The normalized spacial score (nSPS) is 20.1. The van der Waals surface area contributed by atoms with Crippen molar-refractivity contribution in [3.8, 4) is 0 Å². The number of ether oxygens (including phenoxy) is 1. The van der Waals surface area contributed by atoms with Crippen molar-refractivity contribution in [2.75, 3.05) is 6.67 Å². The summed E-state index contributed by atoms with van der Waals surface area (Å²) in [6, 6.07) is 0. The molecule has 0 N–H and O–H groups in total. The molecule has 7 heteroatoms. The zero-order chi connectivity index (χ0) is 13.1. The molecule has 0 radical (unpaired) electrons. The largest absolute Gasteiger partial charge is 0.450 e. The van der Waals surface area contributed by atoms with Crippen molar-refractivity contribution in [1.82, 2.24) is 0 Å². The zero-order valence-electron chi connectivity index (χ0n) is 8.93. The fourth-order valence-electron chi connectivity index (χ4n) is 1.60. The molecule has 0 heterocycles. The number of halogens is 4. The van der Waals surface area contributed by atoms with E-state index in [9.17, 15) is 27.2 Å². The minimum Gasteiger partial charge on any atom is -0.450 e. The van der Waals surface area contributed by atoms with Gasteiger partial charge in [0.1, 0.15) is 12.5 Å². The third kappa shape index (κ3) is 3.98. The number of esters is 1. The zero-order valence-corrected chi connectivity index (χ0v) is 8.93. The number of ketones is 1. The first-order valence-corrected chi connectivity index (χ1v) is 5.19. The molecule has 0 aromatic rings. The van der Waals surface area contributed by atoms with Crippen LogP contribution in [0.15, 0.2) is 0 Å². The summed E-state index contributed by atoms with van der Waals surface area (Å²) >= 11 is 0. The van der Waals surface area contributed by atoms with E-state index in [1.807, 2.05) is 0 Å². The first kappa shape index (κ1) is 13.9. The lowest BCUT2D eigenvalue weighted by atomic mass is 9.88. The van der Waals surface area contributed by atoms with Crippen LogP contribution in [0, 0.1) is 5.92 Å². The Hall–Kier alpha value is -1.14. The smallest absolute Gasteiger partial charge is 0.428 e. The van der Waals surface area contributed by atoms with E-state index in [-0.39, 0.29) is 31.5 Å². The summed E-state index contributed by atoms with van der Waals surface area (Å²) in [5, 5.41) is 0. The highest BCUT2D eigenvalue weighted by Gasteiger charge is 2.44. The van der Waals surface area contributed by atoms with Crippen LogP contribution in [0.3, 0.4) is 0 Å².